The van der Waals surface area contributed by atoms with Crippen molar-refractivity contribution >= 4 is 42.3 Å². The lowest BCUT2D eigenvalue weighted by Gasteiger charge is -2.24. The van der Waals surface area contributed by atoms with Crippen LogP contribution in [-0.4, -0.2) is 92.9 Å². The number of rotatable bonds is 15. The highest BCUT2D eigenvalue weighted by Crippen LogP contribution is 2.03. The van der Waals surface area contributed by atoms with Crippen molar-refractivity contribution in [3.05, 3.63) is 18.2 Å². The molecule has 0 radical (unpaired) electrons. The molecule has 190 valence electrons. The number of aliphatic hydroxyl groups excluding tert-OH is 1. The molecule has 1 heterocycles. The van der Waals surface area contributed by atoms with Crippen molar-refractivity contribution in [1.29, 1.82) is 0 Å². The van der Waals surface area contributed by atoms with Gasteiger partial charge < -0.3 is 48.3 Å². The zero-order valence-electron chi connectivity index (χ0n) is 18.3. The van der Waals surface area contributed by atoms with Crippen molar-refractivity contribution in [1.82, 2.24) is 25.9 Å². The van der Waals surface area contributed by atoms with Gasteiger partial charge in [0.15, 0.2) is 5.96 Å². The van der Waals surface area contributed by atoms with Crippen LogP contribution >= 0.6 is 12.6 Å². The van der Waals surface area contributed by atoms with Crippen LogP contribution in [0.5, 0.6) is 0 Å². The van der Waals surface area contributed by atoms with Crippen LogP contribution < -0.4 is 33.2 Å². The van der Waals surface area contributed by atoms with Crippen molar-refractivity contribution in [2.45, 2.75) is 43.4 Å². The summed E-state index contributed by atoms with van der Waals surface area (Å²) in [6.45, 7) is -0.642. The van der Waals surface area contributed by atoms with Crippen LogP contribution in [0.25, 0.3) is 0 Å². The zero-order chi connectivity index (χ0) is 25.7. The van der Waals surface area contributed by atoms with E-state index in [1.165, 1.54) is 12.5 Å². The summed E-state index contributed by atoms with van der Waals surface area (Å²) in [6.07, 6.45) is 3.05. The molecule has 0 aromatic carbocycles. The van der Waals surface area contributed by atoms with Crippen LogP contribution in [0.4, 0.5) is 0 Å². The van der Waals surface area contributed by atoms with E-state index in [1.54, 1.807) is 0 Å². The van der Waals surface area contributed by atoms with Crippen molar-refractivity contribution in [3.63, 3.8) is 0 Å². The number of imidazole rings is 1. The predicted molar refractivity (Wildman–Crippen MR) is 125 cm³/mol. The minimum Gasteiger partial charge on any atom is -0.480 e. The molecule has 0 saturated carbocycles. The summed E-state index contributed by atoms with van der Waals surface area (Å²) in [5.41, 5.74) is 16.6. The summed E-state index contributed by atoms with van der Waals surface area (Å²) >= 11 is 3.94. The Hall–Kier alpha value is -3.37. The topological polar surface area (TPSA) is 264 Å². The molecule has 0 fully saturated rings. The smallest absolute Gasteiger partial charge is 0.326 e. The Morgan fingerprint density at radius 3 is 2.24 bits per heavy atom. The van der Waals surface area contributed by atoms with Gasteiger partial charge in [-0.1, -0.05) is 0 Å². The maximum Gasteiger partial charge on any atom is 0.326 e. The number of carbonyl (C=O) groups is 4. The molecular formula is C18H31N9O6S. The Bertz CT molecular complexity index is 847. The third kappa shape index (κ3) is 10.1. The summed E-state index contributed by atoms with van der Waals surface area (Å²) in [5.74, 6) is -3.80. The van der Waals surface area contributed by atoms with Crippen molar-refractivity contribution < 1.29 is 29.4 Å². The Labute approximate surface area is 200 Å². The first-order chi connectivity index (χ1) is 16.1. The number of hydrogen-bond donors (Lipinski definition) is 10. The molecule has 1 rings (SSSR count). The molecule has 1 aromatic heterocycles. The molecule has 4 atom stereocenters. The average Bonchev–Trinajstić information content (AvgIpc) is 3.30. The number of guanidine groups is 1. The second-order valence-corrected chi connectivity index (χ2v) is 7.59. The third-order valence-electron chi connectivity index (χ3n) is 4.52. The number of aliphatic imine (C=N–C) groups is 1. The Balaban J connectivity index is 2.85. The van der Waals surface area contributed by atoms with Crippen LogP contribution in [-0.2, 0) is 25.6 Å². The van der Waals surface area contributed by atoms with E-state index < -0.39 is 54.5 Å². The molecule has 0 saturated heterocycles. The highest BCUT2D eigenvalue weighted by Gasteiger charge is 2.30. The molecule has 0 spiro atoms. The second-order valence-electron chi connectivity index (χ2n) is 7.22. The van der Waals surface area contributed by atoms with E-state index in [2.05, 4.69) is 43.5 Å². The number of aromatic amines is 1. The normalized spacial score (nSPS) is 14.2. The van der Waals surface area contributed by atoms with Gasteiger partial charge in [0.1, 0.15) is 18.1 Å². The summed E-state index contributed by atoms with van der Waals surface area (Å²) in [4.78, 5) is 59.3. The molecule has 12 N–H and O–H groups in total. The lowest BCUT2D eigenvalue weighted by Crippen LogP contribution is -2.58. The van der Waals surface area contributed by atoms with E-state index in [1.807, 2.05) is 0 Å². The van der Waals surface area contributed by atoms with Gasteiger partial charge in [-0.3, -0.25) is 19.4 Å². The number of nitrogens with one attached hydrogen (secondary N) is 4. The molecule has 16 heteroatoms. The molecule has 15 nitrogen and oxygen atoms in total. The van der Waals surface area contributed by atoms with Gasteiger partial charge in [0.05, 0.1) is 19.0 Å². The number of hydrogen-bond acceptors (Lipinski definition) is 9. The number of nitrogens with zero attached hydrogens (tertiary/aromatic N) is 2. The van der Waals surface area contributed by atoms with E-state index in [0.29, 0.717) is 12.1 Å². The fourth-order valence-corrected chi connectivity index (χ4v) is 2.85. The third-order valence-corrected chi connectivity index (χ3v) is 4.91. The molecule has 0 aliphatic heterocycles. The summed E-state index contributed by atoms with van der Waals surface area (Å²) in [6, 6.07) is -4.93. The number of aliphatic hydroxyl groups is 1. The van der Waals surface area contributed by atoms with E-state index in [9.17, 15) is 29.4 Å². The van der Waals surface area contributed by atoms with E-state index in [4.69, 9.17) is 17.2 Å². The monoisotopic (exact) mass is 501 g/mol. The first-order valence-electron chi connectivity index (χ1n) is 10.2. The number of thiol groups is 1. The second kappa shape index (κ2) is 14.7. The SMILES string of the molecule is NC(N)=NCCCC(NC(=O)C(N)CS)C(=O)NC(CO)C(=O)NC(Cc1cnc[nH]1)C(=O)O. The number of nitrogens with two attached hydrogens (primary N) is 3. The number of aliphatic carboxylic acids is 1. The lowest BCUT2D eigenvalue weighted by molar-refractivity contribution is -0.142. The van der Waals surface area contributed by atoms with Crippen LogP contribution in [0.15, 0.2) is 17.5 Å². The summed E-state index contributed by atoms with van der Waals surface area (Å²) < 4.78 is 0. The van der Waals surface area contributed by atoms with Crippen LogP contribution in [0, 0.1) is 0 Å². The Morgan fingerprint density at radius 1 is 1.09 bits per heavy atom. The molecular weight excluding hydrogens is 470 g/mol. The van der Waals surface area contributed by atoms with Crippen LogP contribution in [0.3, 0.4) is 0 Å². The van der Waals surface area contributed by atoms with Gasteiger partial charge in [0.25, 0.3) is 0 Å². The Kier molecular flexibility index (Phi) is 12.4. The molecule has 4 unspecified atom stereocenters. The van der Waals surface area contributed by atoms with Crippen molar-refractivity contribution in [2.75, 3.05) is 18.9 Å². The number of carbonyl (C=O) groups excluding carboxylic acids is 3. The first-order valence-corrected chi connectivity index (χ1v) is 10.9. The maximum absolute atomic E-state index is 12.8. The predicted octanol–water partition coefficient (Wildman–Crippen LogP) is -4.21. The van der Waals surface area contributed by atoms with E-state index >= 15 is 0 Å². The molecule has 3 amide bonds. The minimum atomic E-state index is -1.48. The van der Waals surface area contributed by atoms with E-state index in [-0.39, 0.29) is 31.1 Å². The standard InChI is InChI=1S/C18H31N9O6S/c19-10(7-34)14(29)25-11(2-1-3-23-18(20)21)15(30)27-13(6-28)16(31)26-12(17(32)33)4-9-5-22-8-24-9/h5,8,10-13,28,34H,1-4,6-7,19H2,(H,22,24)(H,25,29)(H,26,31)(H,27,30)(H,32,33)(H4,20,21,23). The number of carboxylic acid groups (broad SMARTS) is 1. The van der Waals surface area contributed by atoms with Gasteiger partial charge in [0.2, 0.25) is 17.7 Å². The van der Waals surface area contributed by atoms with Crippen molar-refractivity contribution in [3.8, 4) is 0 Å². The summed E-state index contributed by atoms with van der Waals surface area (Å²) in [7, 11) is 0. The number of aromatic nitrogens is 2. The largest absolute Gasteiger partial charge is 0.480 e. The van der Waals surface area contributed by atoms with Gasteiger partial charge in [-0.15, -0.1) is 0 Å². The van der Waals surface area contributed by atoms with Gasteiger partial charge >= 0.3 is 5.97 Å². The van der Waals surface area contributed by atoms with Gasteiger partial charge in [-0.05, 0) is 12.8 Å². The lowest BCUT2D eigenvalue weighted by atomic mass is 10.1. The highest BCUT2D eigenvalue weighted by molar-refractivity contribution is 7.80. The fourth-order valence-electron chi connectivity index (χ4n) is 2.69. The molecule has 0 bridgehead atoms. The zero-order valence-corrected chi connectivity index (χ0v) is 19.2. The maximum atomic E-state index is 12.8. The van der Waals surface area contributed by atoms with Crippen molar-refractivity contribution in [2.24, 2.45) is 22.2 Å². The molecule has 0 aliphatic rings. The van der Waals surface area contributed by atoms with Gasteiger partial charge in [0, 0.05) is 30.6 Å². The number of H-pyrrole nitrogens is 1. The molecule has 0 aliphatic carbocycles. The Morgan fingerprint density at radius 2 is 1.71 bits per heavy atom. The summed E-state index contributed by atoms with van der Waals surface area (Å²) in [5, 5.41) is 26.0. The average molecular weight is 502 g/mol. The minimum absolute atomic E-state index is 0.0305. The van der Waals surface area contributed by atoms with Crippen LogP contribution in [0.2, 0.25) is 0 Å². The highest BCUT2D eigenvalue weighted by atomic mass is 32.1. The quantitative estimate of drug-likeness (QED) is 0.0479. The molecule has 34 heavy (non-hydrogen) atoms. The first kappa shape index (κ1) is 28.7. The number of amides is 3. The van der Waals surface area contributed by atoms with Gasteiger partial charge in [-0.2, -0.15) is 12.6 Å². The van der Waals surface area contributed by atoms with E-state index in [0.717, 1.165) is 0 Å². The molecule has 1 aromatic rings. The van der Waals surface area contributed by atoms with Crippen LogP contribution in [0.1, 0.15) is 18.5 Å². The fraction of sp³-hybridized carbons (Fsp3) is 0.556. The van der Waals surface area contributed by atoms with Gasteiger partial charge in [-0.25, -0.2) is 9.78 Å². The number of carboxylic acids is 1.